The Morgan fingerprint density at radius 2 is 1.79 bits per heavy atom. The second-order valence-electron chi connectivity index (χ2n) is 10.8. The lowest BCUT2D eigenvalue weighted by molar-refractivity contribution is -0.139. The van der Waals surface area contributed by atoms with Crippen molar-refractivity contribution in [3.8, 4) is 23.0 Å². The molecule has 0 aliphatic carbocycles. The zero-order valence-electron chi connectivity index (χ0n) is 26.8. The number of fused-ring (bicyclic) bond motifs is 1. The van der Waals surface area contributed by atoms with E-state index in [1.54, 1.807) is 50.8 Å². The molecule has 0 N–H and O–H groups in total. The minimum Gasteiger partial charge on any atom is -0.493 e. The second kappa shape index (κ2) is 15.1. The summed E-state index contributed by atoms with van der Waals surface area (Å²) in [5, 5.41) is 0. The third-order valence-corrected chi connectivity index (χ3v) is 9.54. The quantitative estimate of drug-likeness (QED) is 0.125. The van der Waals surface area contributed by atoms with Gasteiger partial charge < -0.3 is 23.7 Å². The molecule has 0 amide bonds. The van der Waals surface area contributed by atoms with E-state index >= 15 is 0 Å². The molecule has 0 fully saturated rings. The maximum absolute atomic E-state index is 14.2. The Bertz CT molecular complexity index is 2020. The summed E-state index contributed by atoms with van der Waals surface area (Å²) in [6, 6.07) is 16.3. The normalized spacial score (nSPS) is 14.5. The summed E-state index contributed by atoms with van der Waals surface area (Å²) < 4.78 is 32.7. The number of ether oxygens (including phenoxy) is 5. The first-order chi connectivity index (χ1) is 22.5. The van der Waals surface area contributed by atoms with Gasteiger partial charge in [-0.05, 0) is 109 Å². The van der Waals surface area contributed by atoms with Crippen molar-refractivity contribution in [3.63, 3.8) is 0 Å². The van der Waals surface area contributed by atoms with Crippen LogP contribution in [-0.4, -0.2) is 37.5 Å². The molecule has 0 saturated carbocycles. The van der Waals surface area contributed by atoms with E-state index in [0.717, 1.165) is 19.2 Å². The lowest BCUT2D eigenvalue weighted by Crippen LogP contribution is -2.40. The Balaban J connectivity index is 1.59. The predicted molar refractivity (Wildman–Crippen MR) is 193 cm³/mol. The largest absolute Gasteiger partial charge is 0.493 e. The van der Waals surface area contributed by atoms with E-state index < -0.39 is 12.0 Å². The molecule has 1 aliphatic heterocycles. The molecule has 9 nitrogen and oxygen atoms in total. The van der Waals surface area contributed by atoms with Crippen LogP contribution < -0.4 is 33.8 Å². The number of nitrogens with zero attached hydrogens (tertiary/aromatic N) is 2. The van der Waals surface area contributed by atoms with Gasteiger partial charge in [0.25, 0.3) is 5.56 Å². The fraction of sp³-hybridized carbons (Fsp3) is 0.286. The van der Waals surface area contributed by atoms with Crippen LogP contribution in [0.25, 0.3) is 6.08 Å². The maximum Gasteiger partial charge on any atom is 0.338 e. The monoisotopic (exact) mass is 832 g/mol. The molecule has 47 heavy (non-hydrogen) atoms. The highest BCUT2D eigenvalue weighted by Gasteiger charge is 2.34. The third kappa shape index (κ3) is 7.60. The van der Waals surface area contributed by atoms with E-state index in [-0.39, 0.29) is 23.8 Å². The molecule has 2 heterocycles. The fourth-order valence-electron chi connectivity index (χ4n) is 5.16. The first kappa shape index (κ1) is 34.7. The lowest BCUT2D eigenvalue weighted by atomic mass is 9.95. The van der Waals surface area contributed by atoms with Crippen molar-refractivity contribution in [3.05, 3.63) is 110 Å². The van der Waals surface area contributed by atoms with E-state index in [9.17, 15) is 9.59 Å². The number of rotatable bonds is 11. The van der Waals surface area contributed by atoms with Crippen LogP contribution in [0.3, 0.4) is 0 Å². The zero-order chi connectivity index (χ0) is 33.8. The highest BCUT2D eigenvalue weighted by atomic mass is 127. The van der Waals surface area contributed by atoms with Gasteiger partial charge in [0.15, 0.2) is 27.8 Å². The average molecular weight is 834 g/mol. The number of carbonyl (C=O) groups is 1. The molecule has 246 valence electrons. The summed E-state index contributed by atoms with van der Waals surface area (Å²) in [4.78, 5) is 32.7. The molecular formula is C35H34BrIN2O7S. The van der Waals surface area contributed by atoms with E-state index in [1.807, 2.05) is 56.3 Å². The van der Waals surface area contributed by atoms with Gasteiger partial charge in [0.2, 0.25) is 0 Å². The number of hydrogen-bond donors (Lipinski definition) is 0. The van der Waals surface area contributed by atoms with Crippen LogP contribution >= 0.6 is 49.9 Å². The summed E-state index contributed by atoms with van der Waals surface area (Å²) in [5.41, 5.74) is 2.90. The van der Waals surface area contributed by atoms with Crippen LogP contribution in [0.2, 0.25) is 0 Å². The minimum absolute atomic E-state index is 0.0708. The van der Waals surface area contributed by atoms with Crippen molar-refractivity contribution in [2.45, 2.75) is 46.4 Å². The maximum atomic E-state index is 14.2. The van der Waals surface area contributed by atoms with Gasteiger partial charge in [-0.1, -0.05) is 45.5 Å². The molecule has 0 bridgehead atoms. The minimum atomic E-state index is -0.793. The first-order valence-corrected chi connectivity index (χ1v) is 17.5. The van der Waals surface area contributed by atoms with Crippen molar-refractivity contribution in [1.29, 1.82) is 0 Å². The molecule has 5 rings (SSSR count). The highest BCUT2D eigenvalue weighted by Crippen LogP contribution is 2.37. The van der Waals surface area contributed by atoms with E-state index in [1.165, 1.54) is 11.3 Å². The van der Waals surface area contributed by atoms with E-state index in [4.69, 9.17) is 23.7 Å². The zero-order valence-corrected chi connectivity index (χ0v) is 31.3. The number of methoxy groups -OCH3 is 2. The standard InChI is InChI=1S/C35H34BrIN2O7S/c1-7-44-34(41)30-20(4)38-35-39(31(30)23-10-13-26(46-19(2)3)27(17-23)42-5)33(40)29(47-35)16-22-14-25(37)32(28(15-22)43-6)45-18-21-8-11-24(36)12-9-21/h8-17,19,31H,7,18H2,1-6H3/b29-16-/t31-/m1/s1. The van der Waals surface area contributed by atoms with Crippen LogP contribution in [0.5, 0.6) is 23.0 Å². The van der Waals surface area contributed by atoms with Gasteiger partial charge in [0.1, 0.15) is 6.61 Å². The number of thiazole rings is 1. The SMILES string of the molecule is CCOC(=O)C1=C(C)N=c2s/c(=C\c3cc(I)c(OCc4ccc(Br)cc4)c(OC)c3)c(=O)n2[C@@H]1c1ccc(OC(C)C)c(OC)c1. The molecule has 4 aromatic rings. The molecule has 12 heteroatoms. The van der Waals surface area contributed by atoms with E-state index in [2.05, 4.69) is 43.5 Å². The van der Waals surface area contributed by atoms with Crippen molar-refractivity contribution in [1.82, 2.24) is 4.57 Å². The molecular weight excluding hydrogens is 799 g/mol. The fourth-order valence-corrected chi connectivity index (χ4v) is 7.26. The van der Waals surface area contributed by atoms with Crippen LogP contribution in [0.15, 0.2) is 80.1 Å². The molecule has 0 unspecified atom stereocenters. The second-order valence-corrected chi connectivity index (χ2v) is 13.9. The van der Waals surface area contributed by atoms with Gasteiger partial charge in [-0.15, -0.1) is 0 Å². The predicted octanol–water partition coefficient (Wildman–Crippen LogP) is 6.55. The Morgan fingerprint density at radius 1 is 1.06 bits per heavy atom. The number of esters is 1. The van der Waals surface area contributed by atoms with Crippen molar-refractivity contribution in [2.24, 2.45) is 4.99 Å². The van der Waals surface area contributed by atoms with Crippen molar-refractivity contribution in [2.75, 3.05) is 20.8 Å². The number of hydrogen-bond acceptors (Lipinski definition) is 9. The number of carbonyl (C=O) groups excluding carboxylic acids is 1. The topological polar surface area (TPSA) is 97.6 Å². The summed E-state index contributed by atoms with van der Waals surface area (Å²) in [6.45, 7) is 7.90. The molecule has 1 atom stereocenters. The average Bonchev–Trinajstić information content (AvgIpc) is 3.34. The smallest absolute Gasteiger partial charge is 0.338 e. The van der Waals surface area contributed by atoms with Crippen molar-refractivity contribution >= 4 is 61.9 Å². The van der Waals surface area contributed by atoms with Gasteiger partial charge in [0, 0.05) is 4.47 Å². The van der Waals surface area contributed by atoms with Crippen LogP contribution in [0, 0.1) is 3.57 Å². The van der Waals surface area contributed by atoms with Crippen LogP contribution in [0.4, 0.5) is 0 Å². The molecule has 1 aromatic heterocycles. The molecule has 0 saturated heterocycles. The van der Waals surface area contributed by atoms with Gasteiger partial charge >= 0.3 is 5.97 Å². The third-order valence-electron chi connectivity index (χ3n) is 7.23. The molecule has 0 radical (unpaired) electrons. The molecule has 3 aromatic carbocycles. The molecule has 0 spiro atoms. The lowest BCUT2D eigenvalue weighted by Gasteiger charge is -2.25. The van der Waals surface area contributed by atoms with Crippen molar-refractivity contribution < 1.29 is 28.5 Å². The Kier molecular flexibility index (Phi) is 11.1. The van der Waals surface area contributed by atoms with Crippen LogP contribution in [-0.2, 0) is 16.1 Å². The molecule has 1 aliphatic rings. The summed E-state index contributed by atoms with van der Waals surface area (Å²) in [5.74, 6) is 1.67. The summed E-state index contributed by atoms with van der Waals surface area (Å²) in [6.07, 6.45) is 1.73. The van der Waals surface area contributed by atoms with E-state index in [0.29, 0.717) is 50.2 Å². The number of benzene rings is 3. The van der Waals surface area contributed by atoms with Gasteiger partial charge in [0.05, 0.1) is 52.3 Å². The Morgan fingerprint density at radius 3 is 2.45 bits per heavy atom. The number of halogens is 2. The Hall–Kier alpha value is -3.62. The number of allylic oxidation sites excluding steroid dienone is 1. The van der Waals surface area contributed by atoms with Crippen LogP contribution in [0.1, 0.15) is 50.4 Å². The van der Waals surface area contributed by atoms with Gasteiger partial charge in [-0.3, -0.25) is 9.36 Å². The summed E-state index contributed by atoms with van der Waals surface area (Å²) >= 11 is 6.91. The van der Waals surface area contributed by atoms with Gasteiger partial charge in [-0.2, -0.15) is 0 Å². The highest BCUT2D eigenvalue weighted by molar-refractivity contribution is 14.1. The van der Waals surface area contributed by atoms with Gasteiger partial charge in [-0.25, -0.2) is 9.79 Å². The Labute approximate surface area is 298 Å². The summed E-state index contributed by atoms with van der Waals surface area (Å²) in [7, 11) is 3.14. The number of aromatic nitrogens is 1. The first-order valence-electron chi connectivity index (χ1n) is 14.8.